The van der Waals surface area contributed by atoms with Crippen molar-refractivity contribution < 1.29 is 33.5 Å². The Morgan fingerprint density at radius 3 is 2.35 bits per heavy atom. The molecule has 0 N–H and O–H groups in total. The topological polar surface area (TPSA) is 149 Å². The van der Waals surface area contributed by atoms with Gasteiger partial charge in [-0.25, -0.2) is 9.79 Å². The fourth-order valence-corrected chi connectivity index (χ4v) is 6.24. The molecule has 1 aromatic heterocycles. The largest absolute Gasteiger partial charge is 0.493 e. The molecule has 0 aliphatic carbocycles. The van der Waals surface area contributed by atoms with E-state index >= 15 is 0 Å². The van der Waals surface area contributed by atoms with Crippen molar-refractivity contribution in [3.63, 3.8) is 0 Å². The Bertz CT molecular complexity index is 2080. The van der Waals surface area contributed by atoms with E-state index in [9.17, 15) is 24.5 Å². The van der Waals surface area contributed by atoms with E-state index in [0.717, 1.165) is 11.3 Å². The van der Waals surface area contributed by atoms with Crippen molar-refractivity contribution in [1.29, 1.82) is 0 Å². The maximum Gasteiger partial charge on any atom is 0.338 e. The summed E-state index contributed by atoms with van der Waals surface area (Å²) in [6, 6.07) is 17.5. The summed E-state index contributed by atoms with van der Waals surface area (Å²) in [6.45, 7) is 5.29. The third-order valence-corrected chi connectivity index (χ3v) is 8.49. The van der Waals surface area contributed by atoms with Gasteiger partial charge in [-0.1, -0.05) is 47.7 Å². The van der Waals surface area contributed by atoms with Gasteiger partial charge in [0.25, 0.3) is 11.2 Å². The van der Waals surface area contributed by atoms with Crippen molar-refractivity contribution in [3.8, 4) is 11.5 Å². The van der Waals surface area contributed by atoms with Crippen LogP contribution in [0.15, 0.2) is 87.8 Å². The second-order valence-electron chi connectivity index (χ2n) is 11.1. The minimum Gasteiger partial charge on any atom is -0.493 e. The van der Waals surface area contributed by atoms with Crippen LogP contribution in [0.3, 0.4) is 0 Å². The second-order valence-corrected chi connectivity index (χ2v) is 12.1. The number of carbonyl (C=O) groups is 2. The predicted octanol–water partition coefficient (Wildman–Crippen LogP) is 4.40. The summed E-state index contributed by atoms with van der Waals surface area (Å²) in [5, 5.41) is 11.0. The molecule has 248 valence electrons. The minimum absolute atomic E-state index is 0.0293. The van der Waals surface area contributed by atoms with E-state index in [-0.39, 0.29) is 35.8 Å². The monoisotopic (exact) mass is 671 g/mol. The summed E-state index contributed by atoms with van der Waals surface area (Å²) >= 11 is 1.16. The summed E-state index contributed by atoms with van der Waals surface area (Å²) in [7, 11) is 2.82. The molecule has 1 atom stereocenters. The van der Waals surface area contributed by atoms with Gasteiger partial charge >= 0.3 is 11.9 Å². The summed E-state index contributed by atoms with van der Waals surface area (Å²) in [4.78, 5) is 55.1. The number of thiazole rings is 1. The van der Waals surface area contributed by atoms with Crippen LogP contribution in [0.4, 0.5) is 5.69 Å². The van der Waals surface area contributed by atoms with Gasteiger partial charge in [-0.3, -0.25) is 24.3 Å². The molecule has 0 amide bonds. The number of nitro benzene ring substituents is 1. The molecule has 1 aliphatic rings. The molecular weight excluding hydrogens is 638 g/mol. The van der Waals surface area contributed by atoms with Gasteiger partial charge in [0.1, 0.15) is 6.61 Å². The Balaban J connectivity index is 1.59. The average Bonchev–Trinajstić information content (AvgIpc) is 3.37. The first-order valence-corrected chi connectivity index (χ1v) is 15.7. The number of benzene rings is 3. The van der Waals surface area contributed by atoms with Crippen LogP contribution in [0.25, 0.3) is 6.08 Å². The minimum atomic E-state index is -0.843. The number of aromatic nitrogens is 1. The van der Waals surface area contributed by atoms with Crippen LogP contribution in [0, 0.1) is 10.1 Å². The maximum atomic E-state index is 14.2. The van der Waals surface area contributed by atoms with Gasteiger partial charge in [-0.05, 0) is 61.7 Å². The van der Waals surface area contributed by atoms with Crippen LogP contribution < -0.4 is 24.4 Å². The number of nitrogens with zero attached hydrogens (tertiary/aromatic N) is 3. The average molecular weight is 672 g/mol. The van der Waals surface area contributed by atoms with E-state index in [4.69, 9.17) is 18.9 Å². The summed E-state index contributed by atoms with van der Waals surface area (Å²) in [5.41, 5.74) is 2.85. The molecule has 48 heavy (non-hydrogen) atoms. The third kappa shape index (κ3) is 7.20. The third-order valence-electron chi connectivity index (χ3n) is 7.50. The molecule has 13 heteroatoms. The lowest BCUT2D eigenvalue weighted by Gasteiger charge is -2.25. The van der Waals surface area contributed by atoms with E-state index in [1.807, 2.05) is 0 Å². The van der Waals surface area contributed by atoms with E-state index in [0.29, 0.717) is 48.8 Å². The first kappa shape index (κ1) is 33.8. The quantitative estimate of drug-likeness (QED) is 0.129. The molecule has 0 radical (unpaired) electrons. The van der Waals surface area contributed by atoms with Crippen LogP contribution in [-0.2, 0) is 32.1 Å². The molecule has 0 bridgehead atoms. The lowest BCUT2D eigenvalue weighted by atomic mass is 9.94. The van der Waals surface area contributed by atoms with E-state index in [2.05, 4.69) is 4.99 Å². The number of rotatable bonds is 11. The molecule has 0 unspecified atom stereocenters. The van der Waals surface area contributed by atoms with Crippen molar-refractivity contribution in [2.45, 2.75) is 45.9 Å². The zero-order valence-electron chi connectivity index (χ0n) is 26.9. The smallest absolute Gasteiger partial charge is 0.338 e. The number of fused-ring (bicyclic) bond motifs is 1. The molecule has 4 aromatic rings. The van der Waals surface area contributed by atoms with Crippen molar-refractivity contribution in [2.75, 3.05) is 14.2 Å². The molecule has 1 aliphatic heterocycles. The van der Waals surface area contributed by atoms with Crippen LogP contribution >= 0.6 is 11.3 Å². The van der Waals surface area contributed by atoms with Gasteiger partial charge < -0.3 is 18.9 Å². The highest BCUT2D eigenvalue weighted by molar-refractivity contribution is 7.07. The number of methoxy groups -OCH3 is 2. The van der Waals surface area contributed by atoms with Crippen LogP contribution in [0.5, 0.6) is 11.5 Å². The van der Waals surface area contributed by atoms with Crippen molar-refractivity contribution in [1.82, 2.24) is 4.57 Å². The summed E-state index contributed by atoms with van der Waals surface area (Å²) in [5.74, 6) is -0.169. The van der Waals surface area contributed by atoms with Crippen molar-refractivity contribution in [2.24, 2.45) is 4.99 Å². The zero-order valence-corrected chi connectivity index (χ0v) is 27.7. The number of carbonyl (C=O) groups excluding carboxylic acids is 2. The Morgan fingerprint density at radius 1 is 1.04 bits per heavy atom. The Hall–Kier alpha value is -5.56. The predicted molar refractivity (Wildman–Crippen MR) is 178 cm³/mol. The highest BCUT2D eigenvalue weighted by atomic mass is 32.1. The molecule has 3 aromatic carbocycles. The fourth-order valence-electron chi connectivity index (χ4n) is 5.20. The summed E-state index contributed by atoms with van der Waals surface area (Å²) in [6.07, 6.45) is 1.36. The van der Waals surface area contributed by atoms with Gasteiger partial charge in [0.15, 0.2) is 16.3 Å². The Kier molecular flexibility index (Phi) is 10.2. The number of para-hydroxylation sites is 1. The first-order valence-electron chi connectivity index (χ1n) is 14.9. The zero-order chi connectivity index (χ0) is 34.5. The normalized spacial score (nSPS) is 14.3. The van der Waals surface area contributed by atoms with Gasteiger partial charge in [0.2, 0.25) is 0 Å². The van der Waals surface area contributed by atoms with Gasteiger partial charge in [0, 0.05) is 17.7 Å². The first-order chi connectivity index (χ1) is 23.0. The number of esters is 2. The lowest BCUT2D eigenvalue weighted by Crippen LogP contribution is -2.40. The van der Waals surface area contributed by atoms with Crippen LogP contribution in [0.2, 0.25) is 0 Å². The Labute approximate surface area is 279 Å². The molecule has 0 fully saturated rings. The molecule has 5 rings (SSSR count). The van der Waals surface area contributed by atoms with Crippen LogP contribution in [-0.4, -0.2) is 41.8 Å². The highest BCUT2D eigenvalue weighted by Gasteiger charge is 2.34. The number of hydrogen-bond donors (Lipinski definition) is 0. The van der Waals surface area contributed by atoms with E-state index in [1.54, 1.807) is 81.4 Å². The number of hydrogen-bond acceptors (Lipinski definition) is 11. The molecule has 2 heterocycles. The molecular formula is C35H33N3O9S. The van der Waals surface area contributed by atoms with Crippen LogP contribution in [0.1, 0.15) is 49.1 Å². The second kappa shape index (κ2) is 14.5. The standard InChI is InChI=1S/C35H33N3O9S/c1-20(2)47-34(41)30-21(3)36-35-37(31(30)24-13-9-22(10-14-24)17-29(39)45-5)33(40)28(48-35)18-25-7-6-8-27(44-4)32(25)46-19-23-11-15-26(16-12-23)38(42)43/h6-16,18,20,31H,17,19H2,1-5H3/b28-18+/t31-/m1/s1. The van der Waals surface area contributed by atoms with Crippen molar-refractivity contribution >= 4 is 35.0 Å². The molecule has 0 saturated heterocycles. The highest BCUT2D eigenvalue weighted by Crippen LogP contribution is 2.33. The lowest BCUT2D eigenvalue weighted by molar-refractivity contribution is -0.384. The van der Waals surface area contributed by atoms with E-state index < -0.39 is 23.0 Å². The molecule has 0 spiro atoms. The SMILES string of the molecule is COC(=O)Cc1ccc([C@@H]2C(C(=O)OC(C)C)=C(C)N=c3s/c(=C/c4cccc(OC)c4OCc4ccc([N+](=O)[O-])cc4)c(=O)n32)cc1. The fraction of sp³-hybridized carbons (Fsp3) is 0.257. The number of ether oxygens (including phenoxy) is 4. The van der Waals surface area contributed by atoms with Gasteiger partial charge in [-0.2, -0.15) is 0 Å². The van der Waals surface area contributed by atoms with Gasteiger partial charge in [0.05, 0.1) is 53.5 Å². The van der Waals surface area contributed by atoms with Gasteiger partial charge in [-0.15, -0.1) is 0 Å². The maximum absolute atomic E-state index is 14.2. The van der Waals surface area contributed by atoms with E-state index in [1.165, 1.54) is 30.9 Å². The Morgan fingerprint density at radius 2 is 1.73 bits per heavy atom. The summed E-state index contributed by atoms with van der Waals surface area (Å²) < 4.78 is 23.9. The van der Waals surface area contributed by atoms with Crippen molar-refractivity contribution in [3.05, 3.63) is 130 Å². The molecule has 12 nitrogen and oxygen atoms in total. The number of non-ortho nitro benzene ring substituents is 1. The number of allylic oxidation sites excluding steroid dienone is 1. The molecule has 0 saturated carbocycles. The number of nitro groups is 1.